The number of rotatable bonds is 9. The zero-order valence-corrected chi connectivity index (χ0v) is 14.5. The van der Waals surface area contributed by atoms with Crippen LogP contribution in [0.25, 0.3) is 0 Å². The van der Waals surface area contributed by atoms with Crippen molar-refractivity contribution in [1.29, 1.82) is 0 Å². The highest BCUT2D eigenvalue weighted by Gasteiger charge is 2.23. The van der Waals surface area contributed by atoms with Gasteiger partial charge in [0.1, 0.15) is 5.75 Å². The predicted octanol–water partition coefficient (Wildman–Crippen LogP) is 4.82. The molecule has 1 atom stereocenters. The minimum atomic E-state index is 0.286. The second kappa shape index (κ2) is 9.09. The Morgan fingerprint density at radius 1 is 1.10 bits per heavy atom. The molecular formula is C19H33NO. The first-order valence-corrected chi connectivity index (χ1v) is 8.43. The van der Waals surface area contributed by atoms with E-state index in [9.17, 15) is 0 Å². The Balaban J connectivity index is 2.66. The third-order valence-electron chi connectivity index (χ3n) is 3.82. The minimum absolute atomic E-state index is 0.286. The number of aryl methyl sites for hydroxylation is 1. The highest BCUT2D eigenvalue weighted by Crippen LogP contribution is 2.26. The van der Waals surface area contributed by atoms with Gasteiger partial charge in [-0.2, -0.15) is 0 Å². The van der Waals surface area contributed by atoms with Gasteiger partial charge >= 0.3 is 0 Å². The average Bonchev–Trinajstić information content (AvgIpc) is 2.44. The molecule has 0 amide bonds. The average molecular weight is 291 g/mol. The number of hydrogen-bond acceptors (Lipinski definition) is 2. The number of nitrogens with one attached hydrogen (secondary N) is 1. The topological polar surface area (TPSA) is 21.3 Å². The van der Waals surface area contributed by atoms with Crippen LogP contribution in [0.1, 0.15) is 59.4 Å². The van der Waals surface area contributed by atoms with Gasteiger partial charge in [0.05, 0.1) is 6.61 Å². The Kier molecular flexibility index (Phi) is 7.81. The van der Waals surface area contributed by atoms with Crippen molar-refractivity contribution in [3.05, 3.63) is 29.8 Å². The molecule has 0 spiro atoms. The van der Waals surface area contributed by atoms with Crippen LogP contribution in [-0.2, 0) is 6.42 Å². The van der Waals surface area contributed by atoms with Gasteiger partial charge in [-0.15, -0.1) is 0 Å². The molecule has 2 nitrogen and oxygen atoms in total. The molecule has 120 valence electrons. The van der Waals surface area contributed by atoms with Crippen molar-refractivity contribution in [3.63, 3.8) is 0 Å². The molecule has 21 heavy (non-hydrogen) atoms. The number of hydrogen-bond donors (Lipinski definition) is 1. The molecule has 0 aromatic heterocycles. The molecule has 0 saturated carbocycles. The van der Waals surface area contributed by atoms with Crippen LogP contribution < -0.4 is 10.1 Å². The van der Waals surface area contributed by atoms with Crippen LogP contribution in [0.4, 0.5) is 0 Å². The maximum absolute atomic E-state index is 5.86. The molecule has 1 aromatic rings. The van der Waals surface area contributed by atoms with E-state index in [-0.39, 0.29) is 5.41 Å². The van der Waals surface area contributed by atoms with Gasteiger partial charge in [0.15, 0.2) is 0 Å². The molecule has 0 radical (unpaired) electrons. The minimum Gasteiger partial charge on any atom is -0.493 e. The Bertz CT molecular complexity index is 395. The van der Waals surface area contributed by atoms with Crippen LogP contribution in [0.2, 0.25) is 0 Å². The zero-order chi connectivity index (χ0) is 15.7. The first-order chi connectivity index (χ1) is 9.99. The van der Waals surface area contributed by atoms with E-state index >= 15 is 0 Å². The number of ether oxygens (including phenoxy) is 1. The highest BCUT2D eigenvalue weighted by molar-refractivity contribution is 5.33. The molecule has 2 heteroatoms. The fraction of sp³-hybridized carbons (Fsp3) is 0.684. The molecule has 0 aliphatic heterocycles. The molecular weight excluding hydrogens is 258 g/mol. The van der Waals surface area contributed by atoms with Gasteiger partial charge in [-0.3, -0.25) is 0 Å². The lowest BCUT2D eigenvalue weighted by Gasteiger charge is -2.32. The molecule has 1 unspecified atom stereocenters. The predicted molar refractivity (Wildman–Crippen MR) is 92.1 cm³/mol. The van der Waals surface area contributed by atoms with Gasteiger partial charge < -0.3 is 10.1 Å². The maximum atomic E-state index is 5.86. The van der Waals surface area contributed by atoms with Gasteiger partial charge in [0.25, 0.3) is 0 Å². The zero-order valence-electron chi connectivity index (χ0n) is 14.5. The lowest BCUT2D eigenvalue weighted by Crippen LogP contribution is -2.41. The van der Waals surface area contributed by atoms with E-state index in [1.54, 1.807) is 0 Å². The lowest BCUT2D eigenvalue weighted by atomic mass is 9.83. The second-order valence-corrected chi connectivity index (χ2v) is 6.87. The van der Waals surface area contributed by atoms with E-state index in [4.69, 9.17) is 4.74 Å². The quantitative estimate of drug-likeness (QED) is 0.704. The van der Waals surface area contributed by atoms with Crippen LogP contribution in [-0.4, -0.2) is 19.2 Å². The fourth-order valence-corrected chi connectivity index (χ4v) is 2.52. The molecule has 0 aliphatic rings. The second-order valence-electron chi connectivity index (χ2n) is 6.87. The van der Waals surface area contributed by atoms with Crippen molar-refractivity contribution in [2.75, 3.05) is 13.2 Å². The summed E-state index contributed by atoms with van der Waals surface area (Å²) in [7, 11) is 0. The van der Waals surface area contributed by atoms with Crippen LogP contribution in [0.5, 0.6) is 5.75 Å². The lowest BCUT2D eigenvalue weighted by molar-refractivity contribution is 0.253. The van der Waals surface area contributed by atoms with Crippen molar-refractivity contribution in [1.82, 2.24) is 5.32 Å². The SMILES string of the molecule is CCCNC(CCc1ccccc1OCCC)C(C)(C)C. The molecule has 0 fully saturated rings. The van der Waals surface area contributed by atoms with Crippen molar-refractivity contribution in [3.8, 4) is 5.75 Å². The maximum Gasteiger partial charge on any atom is 0.122 e. The molecule has 0 saturated heterocycles. The summed E-state index contributed by atoms with van der Waals surface area (Å²) in [4.78, 5) is 0. The first-order valence-electron chi connectivity index (χ1n) is 8.43. The van der Waals surface area contributed by atoms with Crippen molar-refractivity contribution in [2.45, 2.75) is 66.3 Å². The van der Waals surface area contributed by atoms with Crippen LogP contribution in [0.3, 0.4) is 0 Å². The molecule has 1 aromatic carbocycles. The summed E-state index contributed by atoms with van der Waals surface area (Å²) in [5.41, 5.74) is 1.62. The summed E-state index contributed by atoms with van der Waals surface area (Å²) in [6.07, 6.45) is 4.45. The number of para-hydroxylation sites is 1. The van der Waals surface area contributed by atoms with Crippen LogP contribution >= 0.6 is 0 Å². The molecule has 0 bridgehead atoms. The Hall–Kier alpha value is -1.02. The molecule has 1 N–H and O–H groups in total. The Morgan fingerprint density at radius 3 is 2.43 bits per heavy atom. The Morgan fingerprint density at radius 2 is 1.81 bits per heavy atom. The largest absolute Gasteiger partial charge is 0.493 e. The third kappa shape index (κ3) is 6.52. The summed E-state index contributed by atoms with van der Waals surface area (Å²) in [6.45, 7) is 13.2. The Labute approximate surface area is 131 Å². The van der Waals surface area contributed by atoms with Gasteiger partial charge in [-0.1, -0.05) is 52.8 Å². The van der Waals surface area contributed by atoms with E-state index in [2.05, 4.69) is 64.2 Å². The smallest absolute Gasteiger partial charge is 0.122 e. The van der Waals surface area contributed by atoms with E-state index in [1.807, 2.05) is 0 Å². The summed E-state index contributed by atoms with van der Waals surface area (Å²) >= 11 is 0. The van der Waals surface area contributed by atoms with Crippen LogP contribution in [0, 0.1) is 5.41 Å². The molecule has 1 rings (SSSR count). The normalized spacial score (nSPS) is 13.2. The van der Waals surface area contributed by atoms with E-state index < -0.39 is 0 Å². The monoisotopic (exact) mass is 291 g/mol. The van der Waals surface area contributed by atoms with Crippen molar-refractivity contribution in [2.24, 2.45) is 5.41 Å². The third-order valence-corrected chi connectivity index (χ3v) is 3.82. The summed E-state index contributed by atoms with van der Waals surface area (Å²) in [5.74, 6) is 1.06. The number of benzene rings is 1. The summed E-state index contributed by atoms with van der Waals surface area (Å²) in [5, 5.41) is 3.70. The molecule has 0 aliphatic carbocycles. The van der Waals surface area contributed by atoms with Crippen molar-refractivity contribution < 1.29 is 4.74 Å². The highest BCUT2D eigenvalue weighted by atomic mass is 16.5. The summed E-state index contributed by atoms with van der Waals surface area (Å²) in [6, 6.07) is 9.00. The molecule has 0 heterocycles. The van der Waals surface area contributed by atoms with E-state index in [0.29, 0.717) is 6.04 Å². The van der Waals surface area contributed by atoms with Gasteiger partial charge in [-0.25, -0.2) is 0 Å². The first kappa shape index (κ1) is 18.0. The van der Waals surface area contributed by atoms with Gasteiger partial charge in [-0.05, 0) is 49.3 Å². The van der Waals surface area contributed by atoms with E-state index in [0.717, 1.165) is 38.2 Å². The standard InChI is InChI=1S/C19H33NO/c1-6-14-20-18(19(3,4)5)13-12-16-10-8-9-11-17(16)21-15-7-2/h8-11,18,20H,6-7,12-15H2,1-5H3. The summed E-state index contributed by atoms with van der Waals surface area (Å²) < 4.78 is 5.86. The van der Waals surface area contributed by atoms with Gasteiger partial charge in [0.2, 0.25) is 0 Å². The van der Waals surface area contributed by atoms with Crippen molar-refractivity contribution >= 4 is 0 Å². The fourth-order valence-electron chi connectivity index (χ4n) is 2.52. The van der Waals surface area contributed by atoms with Gasteiger partial charge in [0, 0.05) is 6.04 Å². The van der Waals surface area contributed by atoms with Crippen LogP contribution in [0.15, 0.2) is 24.3 Å². The van der Waals surface area contributed by atoms with E-state index in [1.165, 1.54) is 12.0 Å².